The first-order chi connectivity index (χ1) is 8.96. The van der Waals surface area contributed by atoms with Crippen molar-refractivity contribution in [3.05, 3.63) is 69.7 Å². The van der Waals surface area contributed by atoms with E-state index in [9.17, 15) is 0 Å². The molecule has 0 aromatic heterocycles. The summed E-state index contributed by atoms with van der Waals surface area (Å²) in [7, 11) is 0. The van der Waals surface area contributed by atoms with Crippen molar-refractivity contribution in [2.45, 2.75) is 26.2 Å². The molecule has 0 N–H and O–H groups in total. The second-order valence-corrected chi connectivity index (χ2v) is 6.19. The number of halogens is 2. The third kappa shape index (κ3) is 2.66. The molecule has 0 saturated heterocycles. The zero-order chi connectivity index (χ0) is 14.0. The van der Waals surface area contributed by atoms with E-state index in [2.05, 4.69) is 45.0 Å². The zero-order valence-corrected chi connectivity index (χ0v) is 13.0. The van der Waals surface area contributed by atoms with Crippen LogP contribution in [-0.2, 0) is 5.41 Å². The maximum Gasteiger partial charge on any atom is 0.0461 e. The third-order valence-electron chi connectivity index (χ3n) is 4.02. The first-order valence-corrected chi connectivity index (χ1v) is 7.23. The van der Waals surface area contributed by atoms with Gasteiger partial charge in [-0.15, -0.1) is 0 Å². The van der Waals surface area contributed by atoms with Crippen molar-refractivity contribution in [1.29, 1.82) is 0 Å². The molecular formula is C17H18Cl2. The number of hydrogen-bond donors (Lipinski definition) is 0. The van der Waals surface area contributed by atoms with Gasteiger partial charge < -0.3 is 0 Å². The van der Waals surface area contributed by atoms with Crippen LogP contribution in [0.2, 0.25) is 10.0 Å². The molecule has 1 atom stereocenters. The summed E-state index contributed by atoms with van der Waals surface area (Å²) >= 11 is 12.4. The molecule has 0 aliphatic heterocycles. The Balaban J connectivity index is 2.63. The molecule has 0 fully saturated rings. The monoisotopic (exact) mass is 292 g/mol. The molecule has 0 aliphatic rings. The Morgan fingerprint density at radius 2 is 1.58 bits per heavy atom. The van der Waals surface area contributed by atoms with Crippen molar-refractivity contribution in [1.82, 2.24) is 0 Å². The molecule has 0 spiro atoms. The topological polar surface area (TPSA) is 0 Å². The van der Waals surface area contributed by atoms with Crippen LogP contribution in [0.1, 0.15) is 31.9 Å². The summed E-state index contributed by atoms with van der Waals surface area (Å²) in [5, 5.41) is 1.40. The molecule has 2 heteroatoms. The van der Waals surface area contributed by atoms with E-state index in [1.807, 2.05) is 24.3 Å². The smallest absolute Gasteiger partial charge is 0.0461 e. The fourth-order valence-electron chi connectivity index (χ4n) is 2.49. The van der Waals surface area contributed by atoms with Gasteiger partial charge in [-0.2, -0.15) is 0 Å². The van der Waals surface area contributed by atoms with Crippen molar-refractivity contribution < 1.29 is 0 Å². The molecule has 100 valence electrons. The van der Waals surface area contributed by atoms with Crippen LogP contribution in [0.25, 0.3) is 0 Å². The highest BCUT2D eigenvalue weighted by Crippen LogP contribution is 2.42. The Hall–Kier alpha value is -0.980. The van der Waals surface area contributed by atoms with Gasteiger partial charge in [-0.1, -0.05) is 80.4 Å². The Labute approximate surface area is 125 Å². The van der Waals surface area contributed by atoms with Gasteiger partial charge in [0.25, 0.3) is 0 Å². The Morgan fingerprint density at radius 1 is 0.947 bits per heavy atom. The van der Waals surface area contributed by atoms with E-state index in [4.69, 9.17) is 23.2 Å². The molecule has 0 bridgehead atoms. The minimum atomic E-state index is -0.122. The standard InChI is InChI=1S/C17H18Cl2/c1-12(2)17(3,13-7-5-4-6-8-13)15-10-9-14(18)11-16(15)19/h4-12H,1-3H3. The number of hydrogen-bond acceptors (Lipinski definition) is 0. The van der Waals surface area contributed by atoms with Crippen LogP contribution in [0.4, 0.5) is 0 Å². The van der Waals surface area contributed by atoms with Crippen LogP contribution in [-0.4, -0.2) is 0 Å². The predicted molar refractivity (Wildman–Crippen MR) is 84.2 cm³/mol. The molecule has 0 heterocycles. The average molecular weight is 293 g/mol. The molecule has 0 amide bonds. The summed E-state index contributed by atoms with van der Waals surface area (Å²) in [6, 6.07) is 16.3. The second-order valence-electron chi connectivity index (χ2n) is 5.35. The fraction of sp³-hybridized carbons (Fsp3) is 0.294. The number of benzene rings is 2. The van der Waals surface area contributed by atoms with Gasteiger partial charge in [0.2, 0.25) is 0 Å². The highest BCUT2D eigenvalue weighted by Gasteiger charge is 2.34. The van der Waals surface area contributed by atoms with Crippen LogP contribution >= 0.6 is 23.2 Å². The van der Waals surface area contributed by atoms with E-state index in [1.54, 1.807) is 0 Å². The Bertz CT molecular complexity index is 561. The number of rotatable bonds is 3. The largest absolute Gasteiger partial charge is 0.0843 e. The molecule has 2 aromatic rings. The average Bonchev–Trinajstić information content (AvgIpc) is 2.38. The normalized spacial score (nSPS) is 14.4. The fourth-order valence-corrected chi connectivity index (χ4v) is 3.10. The Morgan fingerprint density at radius 3 is 2.11 bits per heavy atom. The van der Waals surface area contributed by atoms with Crippen molar-refractivity contribution in [2.24, 2.45) is 5.92 Å². The third-order valence-corrected chi connectivity index (χ3v) is 4.57. The molecule has 0 aliphatic carbocycles. The van der Waals surface area contributed by atoms with Crippen molar-refractivity contribution in [3.63, 3.8) is 0 Å². The predicted octanol–water partition coefficient (Wildman–Crippen LogP) is 5.96. The molecule has 0 nitrogen and oxygen atoms in total. The van der Waals surface area contributed by atoms with Crippen LogP contribution in [0.3, 0.4) is 0 Å². The van der Waals surface area contributed by atoms with Crippen molar-refractivity contribution >= 4 is 23.2 Å². The van der Waals surface area contributed by atoms with Gasteiger partial charge in [0.15, 0.2) is 0 Å². The molecule has 2 rings (SSSR count). The first kappa shape index (κ1) is 14.4. The highest BCUT2D eigenvalue weighted by atomic mass is 35.5. The van der Waals surface area contributed by atoms with Crippen LogP contribution in [0.5, 0.6) is 0 Å². The zero-order valence-electron chi connectivity index (χ0n) is 11.5. The maximum absolute atomic E-state index is 6.42. The van der Waals surface area contributed by atoms with E-state index in [0.29, 0.717) is 10.9 Å². The molecule has 1 unspecified atom stereocenters. The summed E-state index contributed by atoms with van der Waals surface area (Å²) in [6.07, 6.45) is 0. The highest BCUT2D eigenvalue weighted by molar-refractivity contribution is 6.35. The lowest BCUT2D eigenvalue weighted by Gasteiger charge is -2.36. The molecule has 19 heavy (non-hydrogen) atoms. The van der Waals surface area contributed by atoms with Gasteiger partial charge >= 0.3 is 0 Å². The van der Waals surface area contributed by atoms with E-state index >= 15 is 0 Å². The van der Waals surface area contributed by atoms with Crippen molar-refractivity contribution in [3.8, 4) is 0 Å². The summed E-state index contributed by atoms with van der Waals surface area (Å²) in [5.41, 5.74) is 2.28. The van der Waals surface area contributed by atoms with Gasteiger partial charge in [0.1, 0.15) is 0 Å². The van der Waals surface area contributed by atoms with E-state index in [0.717, 1.165) is 10.6 Å². The molecule has 0 saturated carbocycles. The quantitative estimate of drug-likeness (QED) is 0.655. The maximum atomic E-state index is 6.42. The van der Waals surface area contributed by atoms with Crippen molar-refractivity contribution in [2.75, 3.05) is 0 Å². The lowest BCUT2D eigenvalue weighted by Crippen LogP contribution is -2.30. The van der Waals surface area contributed by atoms with Crippen LogP contribution in [0, 0.1) is 5.92 Å². The first-order valence-electron chi connectivity index (χ1n) is 6.47. The van der Waals surface area contributed by atoms with E-state index in [-0.39, 0.29) is 5.41 Å². The summed E-state index contributed by atoms with van der Waals surface area (Å²) in [4.78, 5) is 0. The molecular weight excluding hydrogens is 275 g/mol. The summed E-state index contributed by atoms with van der Waals surface area (Å²) in [6.45, 7) is 6.68. The molecule has 2 aromatic carbocycles. The summed E-state index contributed by atoms with van der Waals surface area (Å²) < 4.78 is 0. The minimum Gasteiger partial charge on any atom is -0.0843 e. The van der Waals surface area contributed by atoms with E-state index < -0.39 is 0 Å². The second kappa shape index (κ2) is 5.56. The van der Waals surface area contributed by atoms with Gasteiger partial charge in [-0.25, -0.2) is 0 Å². The van der Waals surface area contributed by atoms with Gasteiger partial charge in [-0.3, -0.25) is 0 Å². The van der Waals surface area contributed by atoms with Crippen LogP contribution < -0.4 is 0 Å². The van der Waals surface area contributed by atoms with E-state index in [1.165, 1.54) is 5.56 Å². The summed E-state index contributed by atoms with van der Waals surface area (Å²) in [5.74, 6) is 0.425. The molecule has 0 radical (unpaired) electrons. The lowest BCUT2D eigenvalue weighted by molar-refractivity contribution is 0.405. The van der Waals surface area contributed by atoms with Gasteiger partial charge in [-0.05, 0) is 29.2 Å². The van der Waals surface area contributed by atoms with Gasteiger partial charge in [0.05, 0.1) is 0 Å². The Kier molecular flexibility index (Phi) is 4.23. The van der Waals surface area contributed by atoms with Crippen LogP contribution in [0.15, 0.2) is 48.5 Å². The lowest BCUT2D eigenvalue weighted by atomic mass is 9.68. The minimum absolute atomic E-state index is 0.122. The van der Waals surface area contributed by atoms with Gasteiger partial charge in [0, 0.05) is 15.5 Å². The SMILES string of the molecule is CC(C)C(C)(c1ccccc1)c1ccc(Cl)cc1Cl.